The smallest absolute Gasteiger partial charge is 0.304 e. The lowest BCUT2D eigenvalue weighted by molar-refractivity contribution is -0.137. The molecule has 0 radical (unpaired) electrons. The van der Waals surface area contributed by atoms with Gasteiger partial charge in [-0.05, 0) is 12.8 Å². The number of rotatable bonds is 15. The summed E-state index contributed by atoms with van der Waals surface area (Å²) in [5.41, 5.74) is 0. The standard InChI is InChI=1S/C16H30O4S2/c1-3-5-6-7-8-11-16(4-2,21-12-9-14(17)18)22-13-10-15(19)20/h3-13H2,1-2H3,(H,17,18)(H,19,20). The van der Waals surface area contributed by atoms with Gasteiger partial charge in [-0.25, -0.2) is 0 Å². The molecule has 130 valence electrons. The first-order chi connectivity index (χ1) is 10.5. The van der Waals surface area contributed by atoms with Gasteiger partial charge in [0.05, 0.1) is 16.9 Å². The van der Waals surface area contributed by atoms with E-state index in [1.54, 1.807) is 23.5 Å². The van der Waals surface area contributed by atoms with Gasteiger partial charge in [0.1, 0.15) is 0 Å². The number of unbranched alkanes of at least 4 members (excludes halogenated alkanes) is 4. The second kappa shape index (κ2) is 13.1. The summed E-state index contributed by atoms with van der Waals surface area (Å²) in [6.45, 7) is 4.31. The monoisotopic (exact) mass is 350 g/mol. The van der Waals surface area contributed by atoms with E-state index in [-0.39, 0.29) is 16.9 Å². The zero-order valence-electron chi connectivity index (χ0n) is 13.8. The fraction of sp³-hybridized carbons (Fsp3) is 0.875. The van der Waals surface area contributed by atoms with Crippen molar-refractivity contribution in [3.63, 3.8) is 0 Å². The summed E-state index contributed by atoms with van der Waals surface area (Å²) in [7, 11) is 0. The molecule has 6 heteroatoms. The molecule has 0 aliphatic carbocycles. The normalized spacial score (nSPS) is 11.5. The Balaban J connectivity index is 4.39. The van der Waals surface area contributed by atoms with Gasteiger partial charge >= 0.3 is 11.9 Å². The molecular weight excluding hydrogens is 320 g/mol. The highest BCUT2D eigenvalue weighted by atomic mass is 32.2. The molecule has 0 unspecified atom stereocenters. The van der Waals surface area contributed by atoms with Gasteiger partial charge in [-0.2, -0.15) is 0 Å². The van der Waals surface area contributed by atoms with Crippen LogP contribution in [0.25, 0.3) is 0 Å². The second-order valence-corrected chi connectivity index (χ2v) is 8.63. The van der Waals surface area contributed by atoms with E-state index >= 15 is 0 Å². The van der Waals surface area contributed by atoms with Crippen LogP contribution in [0.15, 0.2) is 0 Å². The third kappa shape index (κ3) is 11.2. The molecule has 2 N–H and O–H groups in total. The largest absolute Gasteiger partial charge is 0.481 e. The van der Waals surface area contributed by atoms with Gasteiger partial charge in [-0.15, -0.1) is 23.5 Å². The predicted octanol–water partition coefficient (Wildman–Crippen LogP) is 4.87. The molecule has 0 atom stereocenters. The lowest BCUT2D eigenvalue weighted by Crippen LogP contribution is -2.21. The molecule has 22 heavy (non-hydrogen) atoms. The minimum Gasteiger partial charge on any atom is -0.481 e. The van der Waals surface area contributed by atoms with Gasteiger partial charge in [-0.1, -0.05) is 46.0 Å². The van der Waals surface area contributed by atoms with Crippen LogP contribution in [0, 0.1) is 0 Å². The lowest BCUT2D eigenvalue weighted by atomic mass is 10.1. The Hall–Kier alpha value is -0.360. The van der Waals surface area contributed by atoms with E-state index in [2.05, 4.69) is 13.8 Å². The fourth-order valence-electron chi connectivity index (χ4n) is 2.21. The highest BCUT2D eigenvalue weighted by Gasteiger charge is 2.29. The molecule has 0 rings (SSSR count). The maximum absolute atomic E-state index is 10.7. The third-order valence-corrected chi connectivity index (χ3v) is 7.12. The van der Waals surface area contributed by atoms with Gasteiger partial charge in [0.2, 0.25) is 0 Å². The molecule has 0 heterocycles. The van der Waals surface area contributed by atoms with Crippen molar-refractivity contribution in [3.8, 4) is 0 Å². The molecule has 0 saturated heterocycles. The van der Waals surface area contributed by atoms with Gasteiger partial charge < -0.3 is 10.2 Å². The van der Waals surface area contributed by atoms with Crippen LogP contribution in [0.3, 0.4) is 0 Å². The zero-order chi connectivity index (χ0) is 16.8. The van der Waals surface area contributed by atoms with Gasteiger partial charge in [-0.3, -0.25) is 9.59 Å². The van der Waals surface area contributed by atoms with Crippen LogP contribution < -0.4 is 0 Å². The van der Waals surface area contributed by atoms with Gasteiger partial charge in [0.15, 0.2) is 0 Å². The Morgan fingerprint density at radius 2 is 1.36 bits per heavy atom. The van der Waals surface area contributed by atoms with Crippen molar-refractivity contribution in [3.05, 3.63) is 0 Å². The summed E-state index contributed by atoms with van der Waals surface area (Å²) in [4.78, 5) is 21.4. The highest BCUT2D eigenvalue weighted by molar-refractivity contribution is 8.18. The quantitative estimate of drug-likeness (QED) is 0.324. The Morgan fingerprint density at radius 1 is 0.864 bits per heavy atom. The molecule has 0 saturated carbocycles. The lowest BCUT2D eigenvalue weighted by Gasteiger charge is -2.32. The van der Waals surface area contributed by atoms with E-state index in [0.29, 0.717) is 11.5 Å². The van der Waals surface area contributed by atoms with E-state index in [4.69, 9.17) is 10.2 Å². The zero-order valence-corrected chi connectivity index (χ0v) is 15.4. The number of carboxylic acid groups (broad SMARTS) is 2. The second-order valence-electron chi connectivity index (χ2n) is 5.41. The summed E-state index contributed by atoms with van der Waals surface area (Å²) in [6, 6.07) is 0. The Bertz CT molecular complexity index is 301. The number of carboxylic acids is 2. The maximum atomic E-state index is 10.7. The average molecular weight is 351 g/mol. The van der Waals surface area contributed by atoms with Crippen LogP contribution in [-0.4, -0.2) is 37.7 Å². The van der Waals surface area contributed by atoms with Gasteiger partial charge in [0, 0.05) is 11.5 Å². The first kappa shape index (κ1) is 21.6. The molecule has 0 aromatic heterocycles. The average Bonchev–Trinajstić information content (AvgIpc) is 2.45. The van der Waals surface area contributed by atoms with Crippen molar-refractivity contribution in [2.24, 2.45) is 0 Å². The molecule has 0 aromatic carbocycles. The molecule has 0 aromatic rings. The van der Waals surface area contributed by atoms with Crippen molar-refractivity contribution in [1.29, 1.82) is 0 Å². The van der Waals surface area contributed by atoms with Crippen molar-refractivity contribution in [2.75, 3.05) is 11.5 Å². The summed E-state index contributed by atoms with van der Waals surface area (Å²) < 4.78 is -0.0306. The van der Waals surface area contributed by atoms with Gasteiger partial charge in [0.25, 0.3) is 0 Å². The summed E-state index contributed by atoms with van der Waals surface area (Å²) in [5.74, 6) is -0.344. The van der Waals surface area contributed by atoms with Crippen molar-refractivity contribution >= 4 is 35.5 Å². The number of carbonyl (C=O) groups is 2. The fourth-order valence-corrected chi connectivity index (χ4v) is 5.33. The van der Waals surface area contributed by atoms with Crippen LogP contribution in [-0.2, 0) is 9.59 Å². The van der Waals surface area contributed by atoms with Crippen LogP contribution in [0.4, 0.5) is 0 Å². The Kier molecular flexibility index (Phi) is 12.9. The van der Waals surface area contributed by atoms with Crippen LogP contribution >= 0.6 is 23.5 Å². The maximum Gasteiger partial charge on any atom is 0.304 e. The van der Waals surface area contributed by atoms with E-state index in [0.717, 1.165) is 19.3 Å². The van der Waals surface area contributed by atoms with E-state index in [1.807, 2.05) is 0 Å². The summed E-state index contributed by atoms with van der Waals surface area (Å²) >= 11 is 3.40. The van der Waals surface area contributed by atoms with Crippen molar-refractivity contribution in [1.82, 2.24) is 0 Å². The van der Waals surface area contributed by atoms with Crippen LogP contribution in [0.5, 0.6) is 0 Å². The van der Waals surface area contributed by atoms with E-state index < -0.39 is 11.9 Å². The topological polar surface area (TPSA) is 74.6 Å². The molecule has 0 fully saturated rings. The van der Waals surface area contributed by atoms with E-state index in [9.17, 15) is 9.59 Å². The van der Waals surface area contributed by atoms with Crippen LogP contribution in [0.1, 0.15) is 71.6 Å². The Labute approximate surface area is 142 Å². The SMILES string of the molecule is CCCCCCCC(CC)(SCCC(=O)O)SCCC(=O)O. The molecule has 4 nitrogen and oxygen atoms in total. The highest BCUT2D eigenvalue weighted by Crippen LogP contribution is 2.45. The number of thioether (sulfide) groups is 2. The first-order valence-corrected chi connectivity index (χ1v) is 10.1. The van der Waals surface area contributed by atoms with Crippen LogP contribution in [0.2, 0.25) is 0 Å². The molecule has 0 bridgehead atoms. The third-order valence-electron chi connectivity index (χ3n) is 3.56. The predicted molar refractivity (Wildman–Crippen MR) is 95.8 cm³/mol. The minimum atomic E-state index is -0.768. The summed E-state index contributed by atoms with van der Waals surface area (Å²) in [6.07, 6.45) is 8.37. The molecular formula is C16H30O4S2. The minimum absolute atomic E-state index is 0.0306. The number of hydrogen-bond acceptors (Lipinski definition) is 4. The van der Waals surface area contributed by atoms with Crippen molar-refractivity contribution < 1.29 is 19.8 Å². The first-order valence-electron chi connectivity index (χ1n) is 8.17. The van der Waals surface area contributed by atoms with E-state index in [1.165, 1.54) is 25.7 Å². The number of aliphatic carboxylic acids is 2. The molecule has 0 aliphatic rings. The molecule has 0 amide bonds. The van der Waals surface area contributed by atoms with Crippen molar-refractivity contribution in [2.45, 2.75) is 75.7 Å². The molecule has 0 aliphatic heterocycles. The number of hydrogen-bond donors (Lipinski definition) is 2. The molecule has 0 spiro atoms. The Morgan fingerprint density at radius 3 is 1.77 bits per heavy atom. The summed E-state index contributed by atoms with van der Waals surface area (Å²) in [5, 5.41) is 17.6.